The normalized spacial score (nSPS) is 14.4. The summed E-state index contributed by atoms with van der Waals surface area (Å²) in [5.74, 6) is 0. The Hall–Kier alpha value is -2.02. The molecule has 1 aromatic rings. The van der Waals surface area contributed by atoms with Crippen molar-refractivity contribution in [3.05, 3.63) is 29.3 Å². The monoisotopic (exact) mass is 272 g/mol. The molecule has 0 aliphatic carbocycles. The molecule has 1 aromatic carbocycles. The summed E-state index contributed by atoms with van der Waals surface area (Å²) < 4.78 is 5.46. The molecule has 1 amide bonds. The first kappa shape index (κ1) is 14.4. The highest BCUT2D eigenvalue weighted by Gasteiger charge is 2.28. The number of anilines is 1. The van der Waals surface area contributed by atoms with Gasteiger partial charge in [0.15, 0.2) is 0 Å². The van der Waals surface area contributed by atoms with Crippen LogP contribution in [0.15, 0.2) is 18.2 Å². The number of hydrogen-bond acceptors (Lipinski definition) is 3. The number of benzene rings is 1. The van der Waals surface area contributed by atoms with E-state index in [0.29, 0.717) is 13.0 Å². The summed E-state index contributed by atoms with van der Waals surface area (Å²) in [7, 11) is 0. The molecule has 0 saturated heterocycles. The lowest BCUT2D eigenvalue weighted by molar-refractivity contribution is 0.0578. The molecule has 0 spiro atoms. The van der Waals surface area contributed by atoms with E-state index in [4.69, 9.17) is 10.00 Å². The van der Waals surface area contributed by atoms with Gasteiger partial charge in [0.25, 0.3) is 0 Å². The average molecular weight is 272 g/mol. The van der Waals surface area contributed by atoms with Crippen LogP contribution in [0.4, 0.5) is 10.5 Å². The van der Waals surface area contributed by atoms with Crippen LogP contribution in [0, 0.1) is 11.3 Å². The first-order valence-corrected chi connectivity index (χ1v) is 6.90. The molecule has 0 aromatic heterocycles. The minimum atomic E-state index is -0.501. The van der Waals surface area contributed by atoms with E-state index < -0.39 is 5.60 Å². The van der Waals surface area contributed by atoms with Gasteiger partial charge in [-0.25, -0.2) is 4.79 Å². The predicted molar refractivity (Wildman–Crippen MR) is 77.7 cm³/mol. The molecule has 0 bridgehead atoms. The summed E-state index contributed by atoms with van der Waals surface area (Å²) in [4.78, 5) is 14.0. The maximum absolute atomic E-state index is 12.3. The molecule has 0 atom stereocenters. The Morgan fingerprint density at radius 3 is 2.85 bits per heavy atom. The van der Waals surface area contributed by atoms with Crippen LogP contribution in [0.1, 0.15) is 38.3 Å². The number of nitrogens with zero attached hydrogens (tertiary/aromatic N) is 2. The van der Waals surface area contributed by atoms with Gasteiger partial charge in [0.1, 0.15) is 5.60 Å². The molecule has 2 rings (SSSR count). The molecule has 106 valence electrons. The van der Waals surface area contributed by atoms with Crippen LogP contribution in [-0.4, -0.2) is 18.2 Å². The highest BCUT2D eigenvalue weighted by Crippen LogP contribution is 2.31. The van der Waals surface area contributed by atoms with Crippen molar-refractivity contribution in [3.8, 4) is 6.07 Å². The molecule has 4 heteroatoms. The molecule has 1 aliphatic heterocycles. The molecule has 1 heterocycles. The molecule has 0 saturated carbocycles. The lowest BCUT2D eigenvalue weighted by Gasteiger charge is -2.32. The Morgan fingerprint density at radius 2 is 2.20 bits per heavy atom. The quantitative estimate of drug-likeness (QED) is 0.787. The highest BCUT2D eigenvalue weighted by molar-refractivity contribution is 5.89. The van der Waals surface area contributed by atoms with Crippen LogP contribution in [0.3, 0.4) is 0 Å². The zero-order chi connectivity index (χ0) is 14.8. The minimum Gasteiger partial charge on any atom is -0.443 e. The third-order valence-electron chi connectivity index (χ3n) is 3.23. The fourth-order valence-electron chi connectivity index (χ4n) is 2.45. The van der Waals surface area contributed by atoms with E-state index in [1.54, 1.807) is 4.90 Å². The van der Waals surface area contributed by atoms with Crippen molar-refractivity contribution in [1.29, 1.82) is 5.26 Å². The number of rotatable bonds is 1. The second-order valence-electron chi connectivity index (χ2n) is 5.99. The summed E-state index contributed by atoms with van der Waals surface area (Å²) in [6, 6.07) is 7.97. The molecule has 1 aliphatic rings. The van der Waals surface area contributed by atoms with Gasteiger partial charge < -0.3 is 4.74 Å². The number of nitriles is 1. The Labute approximate surface area is 120 Å². The molecule has 0 N–H and O–H groups in total. The molecule has 4 nitrogen and oxygen atoms in total. The van der Waals surface area contributed by atoms with E-state index in [2.05, 4.69) is 6.07 Å². The van der Waals surface area contributed by atoms with Gasteiger partial charge in [-0.3, -0.25) is 4.90 Å². The lowest BCUT2D eigenvalue weighted by Crippen LogP contribution is -2.40. The van der Waals surface area contributed by atoms with E-state index in [-0.39, 0.29) is 6.09 Å². The summed E-state index contributed by atoms with van der Waals surface area (Å²) >= 11 is 0. The van der Waals surface area contributed by atoms with E-state index in [1.807, 2.05) is 39.0 Å². The molecule has 0 fully saturated rings. The second-order valence-corrected chi connectivity index (χ2v) is 5.99. The topological polar surface area (TPSA) is 53.3 Å². The van der Waals surface area contributed by atoms with Crippen LogP contribution in [0.2, 0.25) is 0 Å². The summed E-state index contributed by atoms with van der Waals surface area (Å²) in [5.41, 5.74) is 2.50. The fourth-order valence-corrected chi connectivity index (χ4v) is 2.45. The SMILES string of the molecule is CC(C)(C)OC(=O)N1CCCc2c(CC#N)cccc21. The van der Waals surface area contributed by atoms with Gasteiger partial charge in [-0.15, -0.1) is 0 Å². The maximum Gasteiger partial charge on any atom is 0.414 e. The van der Waals surface area contributed by atoms with Crippen molar-refractivity contribution < 1.29 is 9.53 Å². The smallest absolute Gasteiger partial charge is 0.414 e. The Balaban J connectivity index is 2.31. The number of hydrogen-bond donors (Lipinski definition) is 0. The van der Waals surface area contributed by atoms with Crippen molar-refractivity contribution in [2.75, 3.05) is 11.4 Å². The molecule has 20 heavy (non-hydrogen) atoms. The van der Waals surface area contributed by atoms with Crippen LogP contribution in [0.5, 0.6) is 0 Å². The average Bonchev–Trinajstić information content (AvgIpc) is 2.37. The number of amides is 1. The van der Waals surface area contributed by atoms with Crippen LogP contribution < -0.4 is 4.90 Å². The Kier molecular flexibility index (Phi) is 3.99. The highest BCUT2D eigenvalue weighted by atomic mass is 16.6. The third-order valence-corrected chi connectivity index (χ3v) is 3.23. The largest absolute Gasteiger partial charge is 0.443 e. The zero-order valence-corrected chi connectivity index (χ0v) is 12.3. The number of carbonyl (C=O) groups is 1. The van der Waals surface area contributed by atoms with Gasteiger partial charge in [-0.2, -0.15) is 5.26 Å². The van der Waals surface area contributed by atoms with E-state index in [9.17, 15) is 4.79 Å². The Morgan fingerprint density at radius 1 is 1.45 bits per heavy atom. The van der Waals surface area contributed by atoms with Crippen molar-refractivity contribution in [3.63, 3.8) is 0 Å². The standard InChI is InChI=1S/C16H20N2O2/c1-16(2,3)20-15(19)18-11-5-7-13-12(9-10-17)6-4-8-14(13)18/h4,6,8H,5,7,9,11H2,1-3H3. The summed E-state index contributed by atoms with van der Waals surface area (Å²) in [6.45, 7) is 6.25. The second kappa shape index (κ2) is 5.54. The van der Waals surface area contributed by atoms with Crippen molar-refractivity contribution in [2.45, 2.75) is 45.6 Å². The van der Waals surface area contributed by atoms with E-state index in [0.717, 1.165) is 29.7 Å². The molecule has 0 unspecified atom stereocenters. The number of ether oxygens (including phenoxy) is 1. The summed E-state index contributed by atoms with van der Waals surface area (Å²) in [5, 5.41) is 8.89. The fraction of sp³-hybridized carbons (Fsp3) is 0.500. The van der Waals surface area contributed by atoms with Gasteiger partial charge in [-0.1, -0.05) is 12.1 Å². The molecule has 0 radical (unpaired) electrons. The predicted octanol–water partition coefficient (Wildman–Crippen LogP) is 3.44. The first-order chi connectivity index (χ1) is 9.42. The summed E-state index contributed by atoms with van der Waals surface area (Å²) in [6.07, 6.45) is 1.87. The van der Waals surface area contributed by atoms with Crippen molar-refractivity contribution in [2.24, 2.45) is 0 Å². The van der Waals surface area contributed by atoms with Gasteiger partial charge in [0, 0.05) is 6.54 Å². The molecular weight excluding hydrogens is 252 g/mol. The van der Waals surface area contributed by atoms with Crippen LogP contribution in [0.25, 0.3) is 0 Å². The lowest BCUT2D eigenvalue weighted by atomic mass is 9.95. The Bertz CT molecular complexity index is 553. The third kappa shape index (κ3) is 3.11. The number of fused-ring (bicyclic) bond motifs is 1. The molecular formula is C16H20N2O2. The van der Waals surface area contributed by atoms with Crippen LogP contribution >= 0.6 is 0 Å². The van der Waals surface area contributed by atoms with Gasteiger partial charge in [0.2, 0.25) is 0 Å². The van der Waals surface area contributed by atoms with Gasteiger partial charge in [0.05, 0.1) is 18.2 Å². The van der Waals surface area contributed by atoms with E-state index in [1.165, 1.54) is 0 Å². The van der Waals surface area contributed by atoms with Crippen LogP contribution in [-0.2, 0) is 17.6 Å². The maximum atomic E-state index is 12.3. The zero-order valence-electron chi connectivity index (χ0n) is 12.3. The van der Waals surface area contributed by atoms with Crippen molar-refractivity contribution in [1.82, 2.24) is 0 Å². The van der Waals surface area contributed by atoms with Crippen molar-refractivity contribution >= 4 is 11.8 Å². The minimum absolute atomic E-state index is 0.312. The first-order valence-electron chi connectivity index (χ1n) is 6.90. The number of carbonyl (C=O) groups excluding carboxylic acids is 1. The van der Waals surface area contributed by atoms with Gasteiger partial charge in [-0.05, 0) is 50.8 Å². The van der Waals surface area contributed by atoms with E-state index >= 15 is 0 Å². The van der Waals surface area contributed by atoms with Gasteiger partial charge >= 0.3 is 6.09 Å².